The Bertz CT molecular complexity index is 2070. The predicted molar refractivity (Wildman–Crippen MR) is 171 cm³/mol. The van der Waals surface area contributed by atoms with Gasteiger partial charge < -0.3 is 24.8 Å². The molecule has 0 radical (unpaired) electrons. The molecule has 0 bridgehead atoms. The number of nitrogens with one attached hydrogen (secondary N) is 1. The van der Waals surface area contributed by atoms with Gasteiger partial charge in [0.2, 0.25) is 11.7 Å². The van der Waals surface area contributed by atoms with Crippen LogP contribution in [0.15, 0.2) is 45.9 Å². The van der Waals surface area contributed by atoms with E-state index < -0.39 is 39.0 Å². The Kier molecular flexibility index (Phi) is 7.95. The zero-order valence-electron chi connectivity index (χ0n) is 26.4. The molecule has 1 aliphatic heterocycles. The Morgan fingerprint density at radius 1 is 1.02 bits per heavy atom. The molecule has 1 saturated carbocycles. The van der Waals surface area contributed by atoms with Crippen molar-refractivity contribution in [3.63, 3.8) is 0 Å². The summed E-state index contributed by atoms with van der Waals surface area (Å²) in [4.78, 5) is 54.0. The summed E-state index contributed by atoms with van der Waals surface area (Å²) in [5, 5.41) is 17.2. The van der Waals surface area contributed by atoms with Crippen molar-refractivity contribution >= 4 is 45.3 Å². The number of allylic oxidation sites excluding steroid dienone is 1. The summed E-state index contributed by atoms with van der Waals surface area (Å²) in [6.45, 7) is 3.64. The number of benzene rings is 1. The second-order valence-electron chi connectivity index (χ2n) is 11.9. The van der Waals surface area contributed by atoms with Crippen LogP contribution in [0.4, 0.5) is 30.8 Å². The number of nitrogens with zero attached hydrogens (tertiary/aromatic N) is 8. The quantitative estimate of drug-likeness (QED) is 0.239. The van der Waals surface area contributed by atoms with Gasteiger partial charge in [-0.3, -0.25) is 14.4 Å². The van der Waals surface area contributed by atoms with Crippen molar-refractivity contribution in [2.75, 3.05) is 36.4 Å². The number of halogens is 5. The van der Waals surface area contributed by atoms with Crippen molar-refractivity contribution in [1.82, 2.24) is 34.0 Å². The molecule has 0 unspecified atom stereocenters. The van der Waals surface area contributed by atoms with Gasteiger partial charge in [-0.1, -0.05) is 31.9 Å². The third kappa shape index (κ3) is 6.79. The summed E-state index contributed by atoms with van der Waals surface area (Å²) >= 11 is 0. The van der Waals surface area contributed by atoms with Gasteiger partial charge in [0.15, 0.2) is 17.3 Å². The smallest absolute Gasteiger partial charge is 0.310 e. The van der Waals surface area contributed by atoms with E-state index >= 15 is 0 Å². The molecule has 262 valence electrons. The summed E-state index contributed by atoms with van der Waals surface area (Å²) in [6, 6.07) is 1.89. The fourth-order valence-electron chi connectivity index (χ4n) is 5.76. The lowest BCUT2D eigenvalue weighted by Crippen LogP contribution is -2.51. The highest BCUT2D eigenvalue weighted by Crippen LogP contribution is 3.02. The van der Waals surface area contributed by atoms with Crippen LogP contribution in [0.1, 0.15) is 53.9 Å². The van der Waals surface area contributed by atoms with Crippen LogP contribution in [-0.2, 0) is 17.8 Å². The van der Waals surface area contributed by atoms with Crippen LogP contribution in [-0.4, -0.2) is 77.1 Å². The molecule has 4 heterocycles. The Balaban J connectivity index is 1.32. The van der Waals surface area contributed by atoms with E-state index in [1.807, 2.05) is 0 Å². The number of hydrogen-bond acceptors (Lipinski definition) is 9. The van der Waals surface area contributed by atoms with E-state index in [4.69, 9.17) is 0 Å². The van der Waals surface area contributed by atoms with E-state index in [2.05, 4.69) is 25.4 Å². The number of carbonyl (C=O) groups excluding carboxylic acids is 2. The molecular formula is C30H32F5N9O4S. The summed E-state index contributed by atoms with van der Waals surface area (Å²) in [7, 11) is -9.90. The highest BCUT2D eigenvalue weighted by molar-refractivity contribution is 8.45. The topological polar surface area (TPSA) is 151 Å². The van der Waals surface area contributed by atoms with Gasteiger partial charge in [0.25, 0.3) is 11.5 Å². The number of amides is 2. The normalized spacial score (nSPS) is 16.6. The molecule has 4 aromatic rings. The first kappa shape index (κ1) is 33.8. The molecule has 2 amide bonds. The molecule has 1 aliphatic carbocycles. The SMILES string of the molecule is CCc1c(N2CCN(C(=O)c3ncnc(C)c3O)CC2)c(=O)n2nc(C=C3CCC3)nc2n1CC(=O)Nc1ccc(S(F)(F)(F)(F)F)cc1. The fraction of sp³-hybridized carbons (Fsp3) is 0.367. The third-order valence-electron chi connectivity index (χ3n) is 8.48. The van der Waals surface area contributed by atoms with Crippen molar-refractivity contribution in [3.05, 3.63) is 69.4 Å². The Morgan fingerprint density at radius 3 is 2.29 bits per heavy atom. The third-order valence-corrected chi connectivity index (χ3v) is 9.65. The second kappa shape index (κ2) is 11.5. The van der Waals surface area contributed by atoms with E-state index in [1.54, 1.807) is 24.8 Å². The van der Waals surface area contributed by atoms with Gasteiger partial charge in [-0.05, 0) is 62.9 Å². The van der Waals surface area contributed by atoms with Gasteiger partial charge in [-0.15, -0.1) is 5.10 Å². The van der Waals surface area contributed by atoms with Crippen LogP contribution in [0.3, 0.4) is 0 Å². The van der Waals surface area contributed by atoms with Crippen molar-refractivity contribution in [3.8, 4) is 5.75 Å². The van der Waals surface area contributed by atoms with Crippen LogP contribution in [0, 0.1) is 6.92 Å². The highest BCUT2D eigenvalue weighted by atomic mass is 32.5. The molecule has 1 saturated heterocycles. The average molecular weight is 710 g/mol. The maximum Gasteiger partial charge on any atom is 0.310 e. The van der Waals surface area contributed by atoms with Crippen molar-refractivity contribution in [2.24, 2.45) is 0 Å². The molecule has 19 heteroatoms. The Labute approximate surface area is 275 Å². The number of aromatic hydroxyl groups is 1. The van der Waals surface area contributed by atoms with E-state index in [1.165, 1.54) is 15.8 Å². The predicted octanol–water partition coefficient (Wildman–Crippen LogP) is 5.08. The molecule has 13 nitrogen and oxygen atoms in total. The molecule has 6 rings (SSSR count). The van der Waals surface area contributed by atoms with E-state index in [-0.39, 0.29) is 84.8 Å². The Hall–Kier alpha value is -5.07. The first-order valence-electron chi connectivity index (χ1n) is 15.3. The van der Waals surface area contributed by atoms with Crippen LogP contribution in [0.2, 0.25) is 0 Å². The molecule has 49 heavy (non-hydrogen) atoms. The number of hydrogen-bond donors (Lipinski definition) is 2. The van der Waals surface area contributed by atoms with Gasteiger partial charge in [0.1, 0.15) is 23.5 Å². The lowest BCUT2D eigenvalue weighted by Gasteiger charge is -2.40. The number of fused-ring (bicyclic) bond motifs is 1. The number of rotatable bonds is 8. The fourth-order valence-corrected chi connectivity index (χ4v) is 6.41. The first-order chi connectivity index (χ1) is 22.9. The van der Waals surface area contributed by atoms with Gasteiger partial charge in [0, 0.05) is 31.9 Å². The maximum absolute atomic E-state index is 14.0. The first-order valence-corrected chi connectivity index (χ1v) is 17.3. The molecule has 0 spiro atoms. The largest absolute Gasteiger partial charge is 0.504 e. The number of aryl methyl sites for hydroxylation is 1. The monoisotopic (exact) mass is 709 g/mol. The van der Waals surface area contributed by atoms with Crippen LogP contribution in [0.5, 0.6) is 5.75 Å². The number of carbonyl (C=O) groups is 2. The maximum atomic E-state index is 14.0. The number of piperazine rings is 1. The number of aromatic nitrogens is 6. The van der Waals surface area contributed by atoms with Crippen LogP contribution < -0.4 is 15.8 Å². The minimum absolute atomic E-state index is 0.0617. The van der Waals surface area contributed by atoms with Crippen molar-refractivity contribution < 1.29 is 34.1 Å². The van der Waals surface area contributed by atoms with Crippen LogP contribution >= 0.6 is 10.2 Å². The minimum atomic E-state index is -9.90. The van der Waals surface area contributed by atoms with Gasteiger partial charge in [0.05, 0.1) is 11.4 Å². The standard InChI is InChI=1S/C30H32F5N9O4S/c1-3-22-26(41-11-13-42(14-12-41)28(47)25-27(46)18(2)36-17-37-25)29(48)44-30(39-23(40-44)15-19-5-4-6-19)43(22)16-24(45)38-20-7-9-21(10-8-20)49(31,32,33,34)35/h7-10,15,17,46H,3-6,11-14,16H2,1-2H3,(H,38,45). The lowest BCUT2D eigenvalue weighted by molar-refractivity contribution is -0.116. The zero-order chi connectivity index (χ0) is 35.4. The summed E-state index contributed by atoms with van der Waals surface area (Å²) in [5.74, 6) is -1.21. The van der Waals surface area contributed by atoms with E-state index in [0.717, 1.165) is 41.5 Å². The zero-order valence-corrected chi connectivity index (χ0v) is 27.2. The van der Waals surface area contributed by atoms with Crippen LogP contribution in [0.25, 0.3) is 11.9 Å². The molecule has 1 aromatic carbocycles. The molecule has 2 fully saturated rings. The van der Waals surface area contributed by atoms with Gasteiger partial charge in [-0.25, -0.2) is 9.97 Å². The van der Waals surface area contributed by atoms with E-state index in [0.29, 0.717) is 5.69 Å². The lowest BCUT2D eigenvalue weighted by atomic mass is 9.92. The summed E-state index contributed by atoms with van der Waals surface area (Å²) in [6.07, 6.45) is 5.96. The van der Waals surface area contributed by atoms with Crippen molar-refractivity contribution in [2.45, 2.75) is 51.0 Å². The molecule has 2 aliphatic rings. The highest BCUT2D eigenvalue weighted by Gasteiger charge is 2.65. The Morgan fingerprint density at radius 2 is 1.69 bits per heavy atom. The number of anilines is 2. The molecule has 2 N–H and O–H groups in total. The van der Waals surface area contributed by atoms with Gasteiger partial charge in [-0.2, -0.15) is 9.50 Å². The van der Waals surface area contributed by atoms with E-state index in [9.17, 15) is 38.9 Å². The molecular weight excluding hydrogens is 677 g/mol. The van der Waals surface area contributed by atoms with Crippen molar-refractivity contribution in [1.29, 1.82) is 0 Å². The summed E-state index contributed by atoms with van der Waals surface area (Å²) < 4.78 is 68.5. The minimum Gasteiger partial charge on any atom is -0.504 e. The molecule has 0 atom stereocenters. The average Bonchev–Trinajstić information content (AvgIpc) is 3.45. The molecule has 3 aromatic heterocycles. The van der Waals surface area contributed by atoms with Gasteiger partial charge >= 0.3 is 10.2 Å². The summed E-state index contributed by atoms with van der Waals surface area (Å²) in [5.41, 5.74) is 1.22. The second-order valence-corrected chi connectivity index (χ2v) is 14.3.